The van der Waals surface area contributed by atoms with Crippen LogP contribution >= 0.6 is 0 Å². The fraction of sp³-hybridized carbons (Fsp3) is 0.679. The number of anilines is 1. The molecule has 3 rings (SSSR count). The van der Waals surface area contributed by atoms with Gasteiger partial charge in [0.2, 0.25) is 0 Å². The molecule has 3 N–H and O–H groups in total. The second-order valence-corrected chi connectivity index (χ2v) is 17.9. The Morgan fingerprint density at radius 1 is 1.15 bits per heavy atom. The lowest BCUT2D eigenvalue weighted by atomic mass is 9.82. The van der Waals surface area contributed by atoms with E-state index in [9.17, 15) is 4.79 Å². The Hall–Kier alpha value is -1.79. The summed E-state index contributed by atoms with van der Waals surface area (Å²) in [4.78, 5) is 12.5. The molecule has 0 bridgehead atoms. The number of carbonyl (C=O) groups is 1. The summed E-state index contributed by atoms with van der Waals surface area (Å²) in [5.74, 6) is 0.595. The lowest BCUT2D eigenvalue weighted by molar-refractivity contribution is 0.0636. The van der Waals surface area contributed by atoms with Crippen LogP contribution in [-0.4, -0.2) is 24.2 Å². The molecule has 1 aromatic carbocycles. The normalized spacial score (nSPS) is 19.2. The summed E-state index contributed by atoms with van der Waals surface area (Å²) in [5, 5.41) is 4.21. The Morgan fingerprint density at radius 3 is 2.24 bits per heavy atom. The van der Waals surface area contributed by atoms with Gasteiger partial charge in [-0.15, -0.1) is 0 Å². The fourth-order valence-corrected chi connectivity index (χ4v) is 13.7. The maximum Gasteiger partial charge on any atom is 0.412 e. The Kier molecular flexibility index (Phi) is 7.64. The lowest BCUT2D eigenvalue weighted by Gasteiger charge is -2.47. The first-order chi connectivity index (χ1) is 15.7. The van der Waals surface area contributed by atoms with Gasteiger partial charge in [0.25, 0.3) is 0 Å². The standard InChI is InChI=1S/C28H47N3O2Si/c1-11-20-14-23-22-16-21(30-27(32)33-28(8,9)10)12-13-25(22)31(26(23)24(29)15-20)34(17(2)3,18(4)5)19(6)7/h12-13,16-20,24H,11,14-15,29H2,1-10H3,(H,30,32). The molecular formula is C28H47N3O2Si. The van der Waals surface area contributed by atoms with Crippen LogP contribution in [0.15, 0.2) is 18.2 Å². The molecule has 1 aliphatic carbocycles. The van der Waals surface area contributed by atoms with E-state index in [1.165, 1.54) is 22.2 Å². The molecule has 0 saturated carbocycles. The van der Waals surface area contributed by atoms with Crippen LogP contribution in [0.1, 0.15) is 99.4 Å². The van der Waals surface area contributed by atoms with Crippen molar-refractivity contribution in [3.05, 3.63) is 29.5 Å². The summed E-state index contributed by atoms with van der Waals surface area (Å²) in [6.45, 7) is 22.4. The molecule has 0 aliphatic heterocycles. The van der Waals surface area contributed by atoms with Crippen LogP contribution in [0.25, 0.3) is 10.9 Å². The predicted molar refractivity (Wildman–Crippen MR) is 147 cm³/mol. The number of nitrogens with one attached hydrogen (secondary N) is 1. The van der Waals surface area contributed by atoms with Crippen molar-refractivity contribution in [1.82, 2.24) is 4.23 Å². The van der Waals surface area contributed by atoms with Gasteiger partial charge in [0, 0.05) is 28.3 Å². The number of aromatic nitrogens is 1. The molecule has 2 unspecified atom stereocenters. The highest BCUT2D eigenvalue weighted by Gasteiger charge is 2.48. The van der Waals surface area contributed by atoms with Gasteiger partial charge in [0.1, 0.15) is 5.60 Å². The van der Waals surface area contributed by atoms with E-state index in [-0.39, 0.29) is 6.04 Å². The Balaban J connectivity index is 2.28. The molecular weight excluding hydrogens is 438 g/mol. The summed E-state index contributed by atoms with van der Waals surface area (Å²) >= 11 is 0. The smallest absolute Gasteiger partial charge is 0.412 e. The maximum atomic E-state index is 12.5. The van der Waals surface area contributed by atoms with Gasteiger partial charge in [-0.2, -0.15) is 0 Å². The second kappa shape index (κ2) is 9.69. The van der Waals surface area contributed by atoms with E-state index < -0.39 is 19.9 Å². The third kappa shape index (κ3) is 4.68. The van der Waals surface area contributed by atoms with Crippen LogP contribution in [0.2, 0.25) is 16.6 Å². The number of ether oxygens (including phenoxy) is 1. The maximum absolute atomic E-state index is 12.5. The van der Waals surface area contributed by atoms with Crippen LogP contribution in [0, 0.1) is 5.92 Å². The molecule has 190 valence electrons. The molecule has 1 heterocycles. The molecule has 34 heavy (non-hydrogen) atoms. The zero-order valence-electron chi connectivity index (χ0n) is 23.1. The van der Waals surface area contributed by atoms with E-state index in [4.69, 9.17) is 10.5 Å². The highest BCUT2D eigenvalue weighted by Crippen LogP contribution is 2.49. The highest BCUT2D eigenvalue weighted by atomic mass is 28.3. The topological polar surface area (TPSA) is 69.3 Å². The Bertz CT molecular complexity index is 1010. The molecule has 0 radical (unpaired) electrons. The largest absolute Gasteiger partial charge is 0.444 e. The van der Waals surface area contributed by atoms with Gasteiger partial charge >= 0.3 is 6.09 Å². The zero-order valence-corrected chi connectivity index (χ0v) is 24.1. The monoisotopic (exact) mass is 485 g/mol. The first kappa shape index (κ1) is 26.8. The number of benzene rings is 1. The van der Waals surface area contributed by atoms with E-state index in [1.54, 1.807) is 0 Å². The number of amides is 1. The third-order valence-electron chi connectivity index (χ3n) is 7.93. The minimum atomic E-state index is -2.03. The van der Waals surface area contributed by atoms with Crippen molar-refractivity contribution in [3.8, 4) is 0 Å². The second-order valence-electron chi connectivity index (χ2n) is 12.2. The van der Waals surface area contributed by atoms with Gasteiger partial charge in [-0.3, -0.25) is 5.32 Å². The third-order valence-corrected chi connectivity index (χ3v) is 14.7. The minimum absolute atomic E-state index is 0.0477. The van der Waals surface area contributed by atoms with Crippen molar-refractivity contribution in [1.29, 1.82) is 0 Å². The summed E-state index contributed by atoms with van der Waals surface area (Å²) in [7, 11) is -2.03. The van der Waals surface area contributed by atoms with Crippen LogP contribution in [0.5, 0.6) is 0 Å². The zero-order chi connectivity index (χ0) is 25.6. The van der Waals surface area contributed by atoms with Gasteiger partial charge < -0.3 is 14.7 Å². The van der Waals surface area contributed by atoms with Crippen LogP contribution < -0.4 is 11.1 Å². The van der Waals surface area contributed by atoms with Crippen molar-refractivity contribution in [2.45, 2.75) is 117 Å². The molecule has 6 heteroatoms. The lowest BCUT2D eigenvalue weighted by Crippen LogP contribution is -2.53. The molecule has 1 amide bonds. The van der Waals surface area contributed by atoms with E-state index in [1.807, 2.05) is 26.8 Å². The van der Waals surface area contributed by atoms with Crippen molar-refractivity contribution in [2.75, 3.05) is 5.32 Å². The van der Waals surface area contributed by atoms with Crippen LogP contribution in [0.4, 0.5) is 10.5 Å². The first-order valence-electron chi connectivity index (χ1n) is 13.2. The van der Waals surface area contributed by atoms with Gasteiger partial charge in [0.05, 0.1) is 0 Å². The predicted octanol–water partition coefficient (Wildman–Crippen LogP) is 7.98. The van der Waals surface area contributed by atoms with Crippen LogP contribution in [-0.2, 0) is 11.2 Å². The Morgan fingerprint density at radius 2 is 1.74 bits per heavy atom. The van der Waals surface area contributed by atoms with Gasteiger partial charge in [-0.1, -0.05) is 54.9 Å². The molecule has 5 nitrogen and oxygen atoms in total. The summed E-state index contributed by atoms with van der Waals surface area (Å²) in [6, 6.07) is 6.44. The summed E-state index contributed by atoms with van der Waals surface area (Å²) in [6.07, 6.45) is 2.81. The quantitative estimate of drug-likeness (QED) is 0.407. The number of hydrogen-bond acceptors (Lipinski definition) is 3. The SMILES string of the molecule is CCC1Cc2c(n([Si](C(C)C)(C(C)C)C(C)C)c3ccc(NC(=O)OC(C)(C)C)cc23)C(N)C1. The molecule has 1 aliphatic rings. The van der Waals surface area contributed by atoms with E-state index >= 15 is 0 Å². The van der Waals surface area contributed by atoms with E-state index in [0.29, 0.717) is 22.5 Å². The number of fused-ring (bicyclic) bond motifs is 3. The summed E-state index contributed by atoms with van der Waals surface area (Å²) in [5.41, 5.74) is 13.0. The number of nitrogens with two attached hydrogens (primary N) is 1. The highest BCUT2D eigenvalue weighted by molar-refractivity contribution is 6.82. The van der Waals surface area contributed by atoms with Crippen LogP contribution in [0.3, 0.4) is 0 Å². The van der Waals surface area contributed by atoms with Gasteiger partial charge in [0.15, 0.2) is 8.24 Å². The summed E-state index contributed by atoms with van der Waals surface area (Å²) < 4.78 is 8.26. The molecule has 0 fully saturated rings. The first-order valence-corrected chi connectivity index (χ1v) is 15.3. The average molecular weight is 486 g/mol. The molecule has 0 saturated heterocycles. The molecule has 2 atom stereocenters. The Labute approximate surface area is 207 Å². The molecule has 0 spiro atoms. The van der Waals surface area contributed by atoms with Gasteiger partial charge in [-0.05, 0) is 79.9 Å². The van der Waals surface area contributed by atoms with E-state index in [0.717, 1.165) is 24.9 Å². The number of rotatable bonds is 6. The molecule has 2 aromatic rings. The number of nitrogens with zero attached hydrogens (tertiary/aromatic N) is 1. The fourth-order valence-electron chi connectivity index (χ4n) is 6.82. The number of hydrogen-bond donors (Lipinski definition) is 2. The number of carbonyl (C=O) groups excluding carboxylic acids is 1. The van der Waals surface area contributed by atoms with Gasteiger partial charge in [-0.25, -0.2) is 4.79 Å². The average Bonchev–Trinajstić information content (AvgIpc) is 3.00. The van der Waals surface area contributed by atoms with Crippen molar-refractivity contribution < 1.29 is 9.53 Å². The molecule has 1 aromatic heterocycles. The van der Waals surface area contributed by atoms with Crippen molar-refractivity contribution >= 4 is 30.9 Å². The minimum Gasteiger partial charge on any atom is -0.444 e. The van der Waals surface area contributed by atoms with Crippen molar-refractivity contribution in [3.63, 3.8) is 0 Å². The van der Waals surface area contributed by atoms with Crippen molar-refractivity contribution in [2.24, 2.45) is 11.7 Å². The van der Waals surface area contributed by atoms with E-state index in [2.05, 4.69) is 70.1 Å².